The number of carboxylic acids is 1. The highest BCUT2D eigenvalue weighted by molar-refractivity contribution is 5.90. The third-order valence-electron chi connectivity index (χ3n) is 2.23. The summed E-state index contributed by atoms with van der Waals surface area (Å²) < 4.78 is 0. The molecule has 78 valence electrons. The number of aromatic carboxylic acids is 1. The van der Waals surface area contributed by atoms with Crippen LogP contribution in [0.5, 0.6) is 0 Å². The van der Waals surface area contributed by atoms with Crippen LogP contribution in [0.15, 0.2) is 12.1 Å². The molecule has 0 atom stereocenters. The van der Waals surface area contributed by atoms with E-state index in [9.17, 15) is 4.79 Å². The summed E-state index contributed by atoms with van der Waals surface area (Å²) in [5.41, 5.74) is 1.45. The van der Waals surface area contributed by atoms with Gasteiger partial charge >= 0.3 is 5.97 Å². The van der Waals surface area contributed by atoms with Crippen LogP contribution in [-0.2, 0) is 13.0 Å². The molecule has 0 heterocycles. The van der Waals surface area contributed by atoms with E-state index >= 15 is 0 Å². The maximum absolute atomic E-state index is 10.9. The molecule has 0 radical (unpaired) electrons. The van der Waals surface area contributed by atoms with Crippen LogP contribution in [0.25, 0.3) is 0 Å². The van der Waals surface area contributed by atoms with Gasteiger partial charge in [0.1, 0.15) is 0 Å². The van der Waals surface area contributed by atoms with Gasteiger partial charge in [0, 0.05) is 0 Å². The van der Waals surface area contributed by atoms with Crippen molar-refractivity contribution in [2.24, 2.45) is 0 Å². The molecule has 4 nitrogen and oxygen atoms in total. The molecule has 0 aromatic heterocycles. The lowest BCUT2D eigenvalue weighted by Gasteiger charge is -2.07. The van der Waals surface area contributed by atoms with E-state index < -0.39 is 5.97 Å². The minimum atomic E-state index is -1.05. The van der Waals surface area contributed by atoms with Crippen molar-refractivity contribution in [3.8, 4) is 6.07 Å². The van der Waals surface area contributed by atoms with Gasteiger partial charge in [0.25, 0.3) is 0 Å². The second-order valence-corrected chi connectivity index (χ2v) is 3.10. The Morgan fingerprint density at radius 3 is 2.53 bits per heavy atom. The van der Waals surface area contributed by atoms with Crippen molar-refractivity contribution in [2.75, 3.05) is 0 Å². The van der Waals surface area contributed by atoms with Crippen molar-refractivity contribution < 1.29 is 15.0 Å². The zero-order chi connectivity index (χ0) is 11.4. The molecule has 15 heavy (non-hydrogen) atoms. The molecule has 1 rings (SSSR count). The van der Waals surface area contributed by atoms with Crippen LogP contribution in [-0.4, -0.2) is 16.2 Å². The fourth-order valence-corrected chi connectivity index (χ4v) is 1.42. The molecule has 2 N–H and O–H groups in total. The first-order valence-corrected chi connectivity index (χ1v) is 4.54. The molecule has 0 aliphatic heterocycles. The van der Waals surface area contributed by atoms with Crippen LogP contribution >= 0.6 is 0 Å². The van der Waals surface area contributed by atoms with Crippen molar-refractivity contribution in [2.45, 2.75) is 20.0 Å². The van der Waals surface area contributed by atoms with Crippen LogP contribution < -0.4 is 0 Å². The van der Waals surface area contributed by atoms with Crippen molar-refractivity contribution in [1.29, 1.82) is 5.26 Å². The van der Waals surface area contributed by atoms with E-state index in [0.29, 0.717) is 17.5 Å². The minimum absolute atomic E-state index is 0.131. The molecule has 0 fully saturated rings. The number of nitriles is 1. The number of aliphatic hydroxyl groups is 1. The van der Waals surface area contributed by atoms with Crippen LogP contribution in [0.3, 0.4) is 0 Å². The maximum atomic E-state index is 10.9. The molecule has 0 aliphatic carbocycles. The molecule has 0 amide bonds. The van der Waals surface area contributed by atoms with Gasteiger partial charge in [0.05, 0.1) is 23.8 Å². The molecular weight excluding hydrogens is 194 g/mol. The smallest absolute Gasteiger partial charge is 0.336 e. The normalized spacial score (nSPS) is 9.67. The van der Waals surface area contributed by atoms with Crippen LogP contribution in [0.4, 0.5) is 0 Å². The number of hydrogen-bond acceptors (Lipinski definition) is 3. The number of benzene rings is 1. The maximum Gasteiger partial charge on any atom is 0.336 e. The predicted molar refractivity (Wildman–Crippen MR) is 53.4 cm³/mol. The Kier molecular flexibility index (Phi) is 3.42. The third-order valence-corrected chi connectivity index (χ3v) is 2.23. The molecule has 0 saturated heterocycles. The highest BCUT2D eigenvalue weighted by Crippen LogP contribution is 2.17. The van der Waals surface area contributed by atoms with E-state index in [2.05, 4.69) is 0 Å². The van der Waals surface area contributed by atoms with Gasteiger partial charge < -0.3 is 10.2 Å². The van der Waals surface area contributed by atoms with Gasteiger partial charge in [0.2, 0.25) is 0 Å². The second-order valence-electron chi connectivity index (χ2n) is 3.10. The lowest BCUT2D eigenvalue weighted by Crippen LogP contribution is -2.05. The molecule has 4 heteroatoms. The molecule has 0 spiro atoms. The van der Waals surface area contributed by atoms with Crippen molar-refractivity contribution in [3.63, 3.8) is 0 Å². The van der Waals surface area contributed by atoms with E-state index in [1.807, 2.05) is 13.0 Å². The molecule has 1 aromatic carbocycles. The summed E-state index contributed by atoms with van der Waals surface area (Å²) in [6.07, 6.45) is 0.556. The Labute approximate surface area is 87.4 Å². The quantitative estimate of drug-likeness (QED) is 0.779. The molecule has 0 aliphatic rings. The van der Waals surface area contributed by atoms with Crippen LogP contribution in [0, 0.1) is 11.3 Å². The van der Waals surface area contributed by atoms with E-state index in [-0.39, 0.29) is 17.7 Å². The number of rotatable bonds is 3. The number of carboxylic acid groups (broad SMARTS) is 1. The van der Waals surface area contributed by atoms with Crippen LogP contribution in [0.1, 0.15) is 34.0 Å². The number of aryl methyl sites for hydroxylation is 1. The van der Waals surface area contributed by atoms with Gasteiger partial charge in [-0.25, -0.2) is 4.79 Å². The average molecular weight is 205 g/mol. The van der Waals surface area contributed by atoms with E-state index in [1.165, 1.54) is 6.07 Å². The molecule has 1 aromatic rings. The Morgan fingerprint density at radius 1 is 1.47 bits per heavy atom. The summed E-state index contributed by atoms with van der Waals surface area (Å²) >= 11 is 0. The summed E-state index contributed by atoms with van der Waals surface area (Å²) in [7, 11) is 0. The van der Waals surface area contributed by atoms with E-state index in [0.717, 1.165) is 0 Å². The zero-order valence-electron chi connectivity index (χ0n) is 8.32. The number of nitrogens with zero attached hydrogens (tertiary/aromatic N) is 1. The Hall–Kier alpha value is -1.86. The zero-order valence-corrected chi connectivity index (χ0v) is 8.32. The number of hydrogen-bond donors (Lipinski definition) is 2. The fraction of sp³-hybridized carbons (Fsp3) is 0.273. The lowest BCUT2D eigenvalue weighted by atomic mass is 9.98. The predicted octanol–water partition coefficient (Wildman–Crippen LogP) is 1.31. The first-order chi connectivity index (χ1) is 7.13. The van der Waals surface area contributed by atoms with Gasteiger partial charge in [-0.05, 0) is 23.6 Å². The summed E-state index contributed by atoms with van der Waals surface area (Å²) in [5.74, 6) is -1.05. The van der Waals surface area contributed by atoms with Gasteiger partial charge in [-0.1, -0.05) is 13.0 Å². The minimum Gasteiger partial charge on any atom is -0.478 e. The SMILES string of the molecule is CCc1cc(CO)c(C#N)cc1C(=O)O. The summed E-state index contributed by atoms with van der Waals surface area (Å²) in [4.78, 5) is 10.9. The van der Waals surface area contributed by atoms with Gasteiger partial charge in [0.15, 0.2) is 0 Å². The molecule has 0 bridgehead atoms. The summed E-state index contributed by atoms with van der Waals surface area (Å²) in [5, 5.41) is 26.7. The third kappa shape index (κ3) is 2.14. The van der Waals surface area contributed by atoms with Gasteiger partial charge in [-0.2, -0.15) is 5.26 Å². The van der Waals surface area contributed by atoms with E-state index in [4.69, 9.17) is 15.5 Å². The van der Waals surface area contributed by atoms with Gasteiger partial charge in [-0.15, -0.1) is 0 Å². The Morgan fingerprint density at radius 2 is 2.13 bits per heavy atom. The molecular formula is C11H11NO3. The standard InChI is InChI=1S/C11H11NO3/c1-2-7-3-9(6-13)8(5-12)4-10(7)11(14)15/h3-4,13H,2,6H2,1H3,(H,14,15). The highest BCUT2D eigenvalue weighted by Gasteiger charge is 2.13. The van der Waals surface area contributed by atoms with Crippen molar-refractivity contribution in [3.05, 3.63) is 34.4 Å². The lowest BCUT2D eigenvalue weighted by molar-refractivity contribution is 0.0695. The second kappa shape index (κ2) is 4.58. The topological polar surface area (TPSA) is 81.3 Å². The number of aliphatic hydroxyl groups excluding tert-OH is 1. The summed E-state index contributed by atoms with van der Waals surface area (Å²) in [6, 6.07) is 4.75. The molecule has 0 saturated carbocycles. The van der Waals surface area contributed by atoms with Gasteiger partial charge in [-0.3, -0.25) is 0 Å². The first-order valence-electron chi connectivity index (χ1n) is 4.54. The van der Waals surface area contributed by atoms with Crippen molar-refractivity contribution >= 4 is 5.97 Å². The first kappa shape index (κ1) is 11.2. The largest absolute Gasteiger partial charge is 0.478 e. The van der Waals surface area contributed by atoms with Crippen molar-refractivity contribution in [1.82, 2.24) is 0 Å². The Bertz CT molecular complexity index is 432. The van der Waals surface area contributed by atoms with Crippen LogP contribution in [0.2, 0.25) is 0 Å². The fourth-order valence-electron chi connectivity index (χ4n) is 1.42. The van der Waals surface area contributed by atoms with E-state index in [1.54, 1.807) is 6.07 Å². The summed E-state index contributed by atoms with van der Waals surface area (Å²) in [6.45, 7) is 1.57. The molecule has 0 unspecified atom stereocenters. The highest BCUT2D eigenvalue weighted by atomic mass is 16.4. The Balaban J connectivity index is 3.42. The average Bonchev–Trinajstić information content (AvgIpc) is 2.26. The number of carbonyl (C=O) groups is 1. The monoisotopic (exact) mass is 205 g/mol.